The first-order chi connectivity index (χ1) is 10.8. The standard InChI is InChI=1S/C16H21N5O/c1-2-14-19-20-15-8-6-13(11-21(14)15)18-16(22)9-7-12-5-3-4-10-17-12/h3-5,10,13H,2,6-9,11H2,1H3,(H,18,22)/t13-/m0/s1. The third-order valence-corrected chi connectivity index (χ3v) is 4.04. The summed E-state index contributed by atoms with van der Waals surface area (Å²) in [5.41, 5.74) is 0.954. The number of carbonyl (C=O) groups excluding carboxylic acids is 1. The minimum atomic E-state index is 0.0882. The number of carbonyl (C=O) groups is 1. The SMILES string of the molecule is CCc1nnc2n1C[C@@H](NC(=O)CCc1ccccn1)CC2. The van der Waals surface area contributed by atoms with Crippen molar-refractivity contribution in [2.24, 2.45) is 0 Å². The molecule has 1 amide bonds. The first kappa shape index (κ1) is 14.7. The van der Waals surface area contributed by atoms with E-state index in [1.807, 2.05) is 18.2 Å². The van der Waals surface area contributed by atoms with Crippen molar-refractivity contribution in [1.29, 1.82) is 0 Å². The number of nitrogens with one attached hydrogen (secondary N) is 1. The van der Waals surface area contributed by atoms with Crippen molar-refractivity contribution >= 4 is 5.91 Å². The Bertz CT molecular complexity index is 624. The number of fused-ring (bicyclic) bond motifs is 1. The van der Waals surface area contributed by atoms with E-state index in [1.54, 1.807) is 6.20 Å². The third-order valence-electron chi connectivity index (χ3n) is 4.04. The maximum absolute atomic E-state index is 12.1. The lowest BCUT2D eigenvalue weighted by Crippen LogP contribution is -2.41. The molecule has 6 nitrogen and oxygen atoms in total. The summed E-state index contributed by atoms with van der Waals surface area (Å²) in [6.45, 7) is 2.85. The van der Waals surface area contributed by atoms with Gasteiger partial charge in [0, 0.05) is 43.7 Å². The van der Waals surface area contributed by atoms with Gasteiger partial charge in [-0.2, -0.15) is 0 Å². The molecular formula is C16H21N5O. The second-order valence-corrected chi connectivity index (χ2v) is 5.62. The number of rotatable bonds is 5. The summed E-state index contributed by atoms with van der Waals surface area (Å²) in [7, 11) is 0. The lowest BCUT2D eigenvalue weighted by molar-refractivity contribution is -0.122. The van der Waals surface area contributed by atoms with E-state index in [-0.39, 0.29) is 11.9 Å². The zero-order chi connectivity index (χ0) is 15.4. The Hall–Kier alpha value is -2.24. The highest BCUT2D eigenvalue weighted by atomic mass is 16.1. The van der Waals surface area contributed by atoms with Crippen LogP contribution in [0.2, 0.25) is 0 Å². The number of amides is 1. The molecule has 3 rings (SSSR count). The van der Waals surface area contributed by atoms with Gasteiger partial charge in [-0.15, -0.1) is 10.2 Å². The van der Waals surface area contributed by atoms with Crippen LogP contribution in [0, 0.1) is 0 Å². The normalized spacial score (nSPS) is 17.0. The van der Waals surface area contributed by atoms with Gasteiger partial charge >= 0.3 is 0 Å². The van der Waals surface area contributed by atoms with Crippen LogP contribution in [0.25, 0.3) is 0 Å². The molecule has 2 aromatic heterocycles. The van der Waals surface area contributed by atoms with Crippen LogP contribution in [0.1, 0.15) is 37.1 Å². The Labute approximate surface area is 130 Å². The Morgan fingerprint density at radius 1 is 1.41 bits per heavy atom. The largest absolute Gasteiger partial charge is 0.352 e. The molecule has 1 atom stereocenters. The number of aryl methyl sites for hydroxylation is 3. The van der Waals surface area contributed by atoms with Gasteiger partial charge in [-0.1, -0.05) is 13.0 Å². The van der Waals surface area contributed by atoms with Crippen LogP contribution < -0.4 is 5.32 Å². The van der Waals surface area contributed by atoms with Gasteiger partial charge in [0.15, 0.2) is 0 Å². The molecule has 0 aromatic carbocycles. The van der Waals surface area contributed by atoms with Crippen LogP contribution in [0.3, 0.4) is 0 Å². The molecule has 3 heterocycles. The predicted molar refractivity (Wildman–Crippen MR) is 82.2 cm³/mol. The molecule has 1 aliphatic rings. The van der Waals surface area contributed by atoms with Crippen molar-refractivity contribution in [2.75, 3.05) is 0 Å². The lowest BCUT2D eigenvalue weighted by atomic mass is 10.1. The molecule has 0 saturated heterocycles. The lowest BCUT2D eigenvalue weighted by Gasteiger charge is -2.25. The fourth-order valence-electron chi connectivity index (χ4n) is 2.85. The van der Waals surface area contributed by atoms with Crippen molar-refractivity contribution in [3.05, 3.63) is 41.7 Å². The number of hydrogen-bond donors (Lipinski definition) is 1. The zero-order valence-corrected chi connectivity index (χ0v) is 12.8. The highest BCUT2D eigenvalue weighted by Gasteiger charge is 2.23. The van der Waals surface area contributed by atoms with E-state index in [9.17, 15) is 4.79 Å². The van der Waals surface area contributed by atoms with E-state index in [1.165, 1.54) is 0 Å². The smallest absolute Gasteiger partial charge is 0.220 e. The molecule has 2 aromatic rings. The Kier molecular flexibility index (Phi) is 4.46. The Morgan fingerprint density at radius 3 is 3.09 bits per heavy atom. The van der Waals surface area contributed by atoms with Crippen molar-refractivity contribution in [3.8, 4) is 0 Å². The first-order valence-electron chi connectivity index (χ1n) is 7.86. The van der Waals surface area contributed by atoms with Crippen LogP contribution in [0.15, 0.2) is 24.4 Å². The monoisotopic (exact) mass is 299 g/mol. The van der Waals surface area contributed by atoms with Gasteiger partial charge in [0.25, 0.3) is 0 Å². The van der Waals surface area contributed by atoms with Gasteiger partial charge in [0.2, 0.25) is 5.91 Å². The number of pyridine rings is 1. The molecule has 0 bridgehead atoms. The minimum absolute atomic E-state index is 0.0882. The zero-order valence-electron chi connectivity index (χ0n) is 12.8. The van der Waals surface area contributed by atoms with Crippen LogP contribution in [-0.2, 0) is 30.6 Å². The molecule has 0 radical (unpaired) electrons. The molecule has 0 saturated carbocycles. The second-order valence-electron chi connectivity index (χ2n) is 5.62. The maximum Gasteiger partial charge on any atom is 0.220 e. The average Bonchev–Trinajstić information content (AvgIpc) is 2.96. The minimum Gasteiger partial charge on any atom is -0.352 e. The molecular weight excluding hydrogens is 278 g/mol. The van der Waals surface area contributed by atoms with Crippen LogP contribution in [0.5, 0.6) is 0 Å². The Morgan fingerprint density at radius 2 is 2.32 bits per heavy atom. The molecule has 1 aliphatic heterocycles. The molecule has 6 heteroatoms. The van der Waals surface area contributed by atoms with Gasteiger partial charge in [0.05, 0.1) is 0 Å². The second kappa shape index (κ2) is 6.68. The predicted octanol–water partition coefficient (Wildman–Crippen LogP) is 1.30. The molecule has 116 valence electrons. The van der Waals surface area contributed by atoms with Crippen molar-refractivity contribution < 1.29 is 4.79 Å². The van der Waals surface area contributed by atoms with Crippen LogP contribution in [-0.4, -0.2) is 31.7 Å². The summed E-state index contributed by atoms with van der Waals surface area (Å²) in [6, 6.07) is 5.95. The van der Waals surface area contributed by atoms with Gasteiger partial charge in [-0.3, -0.25) is 9.78 Å². The average molecular weight is 299 g/mol. The summed E-state index contributed by atoms with van der Waals surface area (Å²) in [5.74, 6) is 2.13. The maximum atomic E-state index is 12.1. The summed E-state index contributed by atoms with van der Waals surface area (Å²) >= 11 is 0. The van der Waals surface area contributed by atoms with E-state index in [0.717, 1.165) is 43.1 Å². The van der Waals surface area contributed by atoms with E-state index in [2.05, 4.69) is 32.0 Å². The van der Waals surface area contributed by atoms with Gasteiger partial charge in [-0.25, -0.2) is 0 Å². The summed E-state index contributed by atoms with van der Waals surface area (Å²) in [4.78, 5) is 16.4. The summed E-state index contributed by atoms with van der Waals surface area (Å²) in [6.07, 6.45) is 5.58. The fraction of sp³-hybridized carbons (Fsp3) is 0.500. The van der Waals surface area contributed by atoms with E-state index in [4.69, 9.17) is 0 Å². The molecule has 0 spiro atoms. The van der Waals surface area contributed by atoms with E-state index >= 15 is 0 Å². The van der Waals surface area contributed by atoms with Crippen molar-refractivity contribution in [3.63, 3.8) is 0 Å². The summed E-state index contributed by atoms with van der Waals surface area (Å²) in [5, 5.41) is 11.5. The Balaban J connectivity index is 1.52. The van der Waals surface area contributed by atoms with E-state index < -0.39 is 0 Å². The first-order valence-corrected chi connectivity index (χ1v) is 7.86. The highest BCUT2D eigenvalue weighted by Crippen LogP contribution is 2.15. The van der Waals surface area contributed by atoms with Crippen molar-refractivity contribution in [1.82, 2.24) is 25.1 Å². The third kappa shape index (κ3) is 3.32. The molecule has 22 heavy (non-hydrogen) atoms. The fourth-order valence-corrected chi connectivity index (χ4v) is 2.85. The number of nitrogens with zero attached hydrogens (tertiary/aromatic N) is 4. The molecule has 0 unspecified atom stereocenters. The number of hydrogen-bond acceptors (Lipinski definition) is 4. The van der Waals surface area contributed by atoms with Gasteiger partial charge in [0.1, 0.15) is 11.6 Å². The summed E-state index contributed by atoms with van der Waals surface area (Å²) < 4.78 is 2.15. The van der Waals surface area contributed by atoms with Crippen LogP contribution >= 0.6 is 0 Å². The molecule has 1 N–H and O–H groups in total. The molecule has 0 aliphatic carbocycles. The van der Waals surface area contributed by atoms with Gasteiger partial charge in [-0.05, 0) is 25.0 Å². The van der Waals surface area contributed by atoms with Gasteiger partial charge < -0.3 is 9.88 Å². The van der Waals surface area contributed by atoms with Crippen molar-refractivity contribution in [2.45, 2.75) is 51.6 Å². The molecule has 0 fully saturated rings. The quantitative estimate of drug-likeness (QED) is 0.903. The van der Waals surface area contributed by atoms with Crippen LogP contribution in [0.4, 0.5) is 0 Å². The highest BCUT2D eigenvalue weighted by molar-refractivity contribution is 5.76. The van der Waals surface area contributed by atoms with E-state index in [0.29, 0.717) is 12.8 Å². The number of aromatic nitrogens is 4. The topological polar surface area (TPSA) is 72.7 Å².